The summed E-state index contributed by atoms with van der Waals surface area (Å²) in [5.41, 5.74) is 1.26. The summed E-state index contributed by atoms with van der Waals surface area (Å²) in [6.45, 7) is 5.29. The molecule has 0 aromatic heterocycles. The first-order chi connectivity index (χ1) is 5.36. The van der Waals surface area contributed by atoms with Gasteiger partial charge in [0.2, 0.25) is 0 Å². The number of ether oxygens (including phenoxy) is 1. The van der Waals surface area contributed by atoms with Crippen LogP contribution < -0.4 is 4.74 Å². The number of hydrogen-bond acceptors (Lipinski definition) is 1. The van der Waals surface area contributed by atoms with Crippen molar-refractivity contribution in [1.82, 2.24) is 0 Å². The molecule has 2 aliphatic rings. The first kappa shape index (κ1) is 8.33. The number of fused-ring (bicyclic) bond motifs is 3. The van der Waals surface area contributed by atoms with Gasteiger partial charge in [0, 0.05) is 9.52 Å². The van der Waals surface area contributed by atoms with Gasteiger partial charge in [0.1, 0.15) is 12.4 Å². The summed E-state index contributed by atoms with van der Waals surface area (Å²) in [6, 6.07) is 8.13. The molecule has 1 aromatic rings. The molecule has 0 fully saturated rings. The van der Waals surface area contributed by atoms with E-state index in [1.807, 2.05) is 12.1 Å². The van der Waals surface area contributed by atoms with Crippen molar-refractivity contribution in [3.05, 3.63) is 29.8 Å². The van der Waals surface area contributed by atoms with Gasteiger partial charge in [0.05, 0.1) is 0 Å². The third-order valence-corrected chi connectivity index (χ3v) is 1.33. The van der Waals surface area contributed by atoms with Crippen molar-refractivity contribution in [3.8, 4) is 5.75 Å². The quantitative estimate of drug-likeness (QED) is 0.534. The van der Waals surface area contributed by atoms with Crippen molar-refractivity contribution in [1.29, 1.82) is 0 Å². The summed E-state index contributed by atoms with van der Waals surface area (Å²) < 4.78 is 5.18. The number of benzene rings is 1. The van der Waals surface area contributed by atoms with E-state index >= 15 is 0 Å². The fourth-order valence-corrected chi connectivity index (χ4v) is 0.849. The Labute approximate surface area is 70.2 Å². The summed E-state index contributed by atoms with van der Waals surface area (Å²) in [5, 5.41) is 0. The molecule has 2 heteroatoms. The van der Waals surface area contributed by atoms with Crippen LogP contribution in [0.4, 0.5) is 0 Å². The van der Waals surface area contributed by atoms with Crippen molar-refractivity contribution >= 4 is 9.52 Å². The van der Waals surface area contributed by atoms with Crippen LogP contribution in [-0.2, 0) is 6.61 Å². The van der Waals surface area contributed by atoms with E-state index in [0.717, 1.165) is 12.4 Å². The van der Waals surface area contributed by atoms with E-state index in [9.17, 15) is 0 Å². The summed E-state index contributed by atoms with van der Waals surface area (Å²) in [6.07, 6.45) is 0. The van der Waals surface area contributed by atoms with Gasteiger partial charge in [-0.25, -0.2) is 0 Å². The lowest BCUT2D eigenvalue weighted by Gasteiger charge is -2.11. The second-order valence-corrected chi connectivity index (χ2v) is 4.05. The summed E-state index contributed by atoms with van der Waals surface area (Å²) in [5.74, 6) is 0.986. The highest BCUT2D eigenvalue weighted by molar-refractivity contribution is 6.31. The van der Waals surface area contributed by atoms with Crippen LogP contribution in [-0.4, -0.2) is 9.52 Å². The van der Waals surface area contributed by atoms with E-state index in [4.69, 9.17) is 4.74 Å². The van der Waals surface area contributed by atoms with Gasteiger partial charge >= 0.3 is 0 Å². The van der Waals surface area contributed by atoms with Gasteiger partial charge in [0.25, 0.3) is 0 Å². The van der Waals surface area contributed by atoms with Crippen molar-refractivity contribution in [2.24, 2.45) is 0 Å². The van der Waals surface area contributed by atoms with Gasteiger partial charge in [-0.15, -0.1) is 0 Å². The van der Waals surface area contributed by atoms with Crippen molar-refractivity contribution in [2.45, 2.75) is 19.7 Å². The van der Waals surface area contributed by atoms with Crippen LogP contribution in [0.15, 0.2) is 24.3 Å². The highest BCUT2D eigenvalue weighted by Crippen LogP contribution is 2.19. The monoisotopic (exact) mass is 166 g/mol. The van der Waals surface area contributed by atoms with Gasteiger partial charge in [-0.3, -0.25) is 0 Å². The van der Waals surface area contributed by atoms with E-state index in [0.29, 0.717) is 9.52 Å². The van der Waals surface area contributed by atoms with E-state index in [1.165, 1.54) is 5.56 Å². The van der Waals surface area contributed by atoms with Crippen LogP contribution in [0.1, 0.15) is 5.56 Å². The Hall–Kier alpha value is -0.763. The van der Waals surface area contributed by atoms with E-state index in [1.54, 1.807) is 0 Å². The average Bonchev–Trinajstić information content (AvgIpc) is 2.09. The largest absolute Gasteiger partial charge is 0.489 e. The molecule has 2 aliphatic heterocycles. The topological polar surface area (TPSA) is 9.23 Å². The molecular weight excluding hydrogens is 152 g/mol. The first-order valence-electron chi connectivity index (χ1n) is 4.08. The molecule has 0 amide bonds. The van der Waals surface area contributed by atoms with Crippen molar-refractivity contribution in [2.75, 3.05) is 0 Å². The fraction of sp³-hybridized carbons (Fsp3) is 0.333. The predicted molar refractivity (Wildman–Crippen MR) is 51.0 cm³/mol. The number of hydrogen-bond donors (Lipinski definition) is 0. The Balaban J connectivity index is 0.000000179. The Morgan fingerprint density at radius 1 is 1.18 bits per heavy atom. The normalized spacial score (nSPS) is 11.5. The molecule has 3 rings (SSSR count). The molecule has 0 saturated heterocycles. The van der Waals surface area contributed by atoms with E-state index < -0.39 is 0 Å². The third kappa shape index (κ3) is 2.39. The summed E-state index contributed by atoms with van der Waals surface area (Å²) in [7, 11) is 0.417. The molecule has 0 unspecified atom stereocenters. The van der Waals surface area contributed by atoms with Gasteiger partial charge < -0.3 is 4.74 Å². The lowest BCUT2D eigenvalue weighted by Crippen LogP contribution is -2.00. The maximum atomic E-state index is 5.18. The Morgan fingerprint density at radius 2 is 1.73 bits per heavy atom. The predicted octanol–water partition coefficient (Wildman–Crippen LogP) is 1.83. The molecular formula is C9H14OSi. The van der Waals surface area contributed by atoms with Crippen LogP contribution in [0.2, 0.25) is 13.1 Å². The highest BCUT2D eigenvalue weighted by Gasteiger charge is 2.01. The minimum absolute atomic E-state index is 0.417. The van der Waals surface area contributed by atoms with Crippen LogP contribution in [0.25, 0.3) is 0 Å². The molecule has 11 heavy (non-hydrogen) atoms. The zero-order valence-corrected chi connectivity index (χ0v) is 8.55. The Bertz CT molecular complexity index is 182. The molecule has 1 nitrogen and oxygen atoms in total. The Morgan fingerprint density at radius 3 is 1.82 bits per heavy atom. The Kier molecular flexibility index (Phi) is 3.17. The maximum Gasteiger partial charge on any atom is 0.119 e. The minimum atomic E-state index is 0.417. The smallest absolute Gasteiger partial charge is 0.119 e. The second-order valence-electron chi connectivity index (χ2n) is 2.64. The van der Waals surface area contributed by atoms with E-state index in [2.05, 4.69) is 25.2 Å². The van der Waals surface area contributed by atoms with Crippen LogP contribution in [0.3, 0.4) is 0 Å². The molecule has 0 saturated carbocycles. The molecule has 0 radical (unpaired) electrons. The molecule has 0 N–H and O–H groups in total. The molecule has 60 valence electrons. The van der Waals surface area contributed by atoms with Crippen molar-refractivity contribution in [3.63, 3.8) is 0 Å². The standard InChI is InChI=1S/C7H6O.C2H8Si/c1-3-7-4-2-6(1)5-8-7;1-3-2/h1-4H,5H2;3H2,1-2H3. The zero-order valence-electron chi connectivity index (χ0n) is 7.13. The SMILES string of the molecule is C[SiH2]C.c1cc2ccc1CO2. The minimum Gasteiger partial charge on any atom is -0.489 e. The van der Waals surface area contributed by atoms with Crippen LogP contribution in [0, 0.1) is 0 Å². The number of rotatable bonds is 0. The van der Waals surface area contributed by atoms with E-state index in [-0.39, 0.29) is 0 Å². The molecule has 2 heterocycles. The van der Waals surface area contributed by atoms with Crippen molar-refractivity contribution < 1.29 is 4.74 Å². The van der Waals surface area contributed by atoms with Crippen LogP contribution >= 0.6 is 0 Å². The fourth-order valence-electron chi connectivity index (χ4n) is 0.849. The average molecular weight is 166 g/mol. The lowest BCUT2D eigenvalue weighted by atomic mass is 10.2. The molecule has 0 atom stereocenters. The second kappa shape index (κ2) is 4.19. The lowest BCUT2D eigenvalue weighted by molar-refractivity contribution is 0.295. The van der Waals surface area contributed by atoms with Gasteiger partial charge in [-0.2, -0.15) is 0 Å². The van der Waals surface area contributed by atoms with Gasteiger partial charge in [0.15, 0.2) is 0 Å². The van der Waals surface area contributed by atoms with Gasteiger partial charge in [-0.05, 0) is 17.7 Å². The molecule has 0 aliphatic carbocycles. The molecule has 2 bridgehead atoms. The first-order valence-corrected chi connectivity index (χ1v) is 6.91. The molecule has 1 aromatic carbocycles. The highest BCUT2D eigenvalue weighted by atomic mass is 28.2. The third-order valence-electron chi connectivity index (χ3n) is 1.33. The summed E-state index contributed by atoms with van der Waals surface area (Å²) in [4.78, 5) is 0. The van der Waals surface area contributed by atoms with Gasteiger partial charge in [-0.1, -0.05) is 25.2 Å². The van der Waals surface area contributed by atoms with Crippen LogP contribution in [0.5, 0.6) is 5.75 Å². The molecule has 0 spiro atoms. The summed E-state index contributed by atoms with van der Waals surface area (Å²) >= 11 is 0. The maximum absolute atomic E-state index is 5.18. The zero-order chi connectivity index (χ0) is 8.10.